The first-order valence-corrected chi connectivity index (χ1v) is 7.83. The van der Waals surface area contributed by atoms with Crippen molar-refractivity contribution in [1.82, 2.24) is 4.90 Å². The Morgan fingerprint density at radius 3 is 2.71 bits per heavy atom. The summed E-state index contributed by atoms with van der Waals surface area (Å²) in [4.78, 5) is 6.94. The van der Waals surface area contributed by atoms with Crippen molar-refractivity contribution in [3.8, 4) is 0 Å². The molecule has 0 fully saturated rings. The second-order valence-electron chi connectivity index (χ2n) is 5.73. The van der Waals surface area contributed by atoms with Gasteiger partial charge in [0.05, 0.1) is 0 Å². The lowest BCUT2D eigenvalue weighted by Crippen LogP contribution is -2.11. The number of hydrogen-bond acceptors (Lipinski definition) is 2. The summed E-state index contributed by atoms with van der Waals surface area (Å²) >= 11 is 0. The Labute approximate surface area is 128 Å². The molecule has 2 rings (SSSR count). The third-order valence-corrected chi connectivity index (χ3v) is 3.89. The minimum Gasteiger partial charge on any atom is -0.377 e. The lowest BCUT2D eigenvalue weighted by Gasteiger charge is -2.18. The summed E-state index contributed by atoms with van der Waals surface area (Å²) in [6.45, 7) is 5.26. The van der Waals surface area contributed by atoms with Crippen LogP contribution in [0.15, 0.2) is 47.1 Å². The van der Waals surface area contributed by atoms with Crippen LogP contribution < -0.4 is 0 Å². The Morgan fingerprint density at radius 1 is 1.24 bits per heavy atom. The minimum absolute atomic E-state index is 0.925. The highest BCUT2D eigenvalue weighted by molar-refractivity contribution is 6.03. The third kappa shape index (κ3) is 3.63. The summed E-state index contributed by atoms with van der Waals surface area (Å²) in [5.74, 6) is 0. The largest absolute Gasteiger partial charge is 0.377 e. The van der Waals surface area contributed by atoms with E-state index in [1.165, 1.54) is 28.8 Å². The highest BCUT2D eigenvalue weighted by Crippen LogP contribution is 2.32. The van der Waals surface area contributed by atoms with E-state index in [4.69, 9.17) is 4.99 Å². The number of aliphatic imine (C=N–C) groups is 1. The molecule has 2 nitrogen and oxygen atoms in total. The van der Waals surface area contributed by atoms with Crippen LogP contribution in [0.2, 0.25) is 0 Å². The lowest BCUT2D eigenvalue weighted by atomic mass is 9.95. The van der Waals surface area contributed by atoms with E-state index < -0.39 is 0 Å². The molecule has 0 N–H and O–H groups in total. The molecule has 1 aromatic carbocycles. The molecule has 0 amide bonds. The molecule has 1 aliphatic rings. The summed E-state index contributed by atoms with van der Waals surface area (Å²) in [7, 11) is 4.21. The van der Waals surface area contributed by atoms with Gasteiger partial charge < -0.3 is 4.90 Å². The first kappa shape index (κ1) is 15.6. The van der Waals surface area contributed by atoms with E-state index in [0.29, 0.717) is 0 Å². The molecule has 0 unspecified atom stereocenters. The van der Waals surface area contributed by atoms with Gasteiger partial charge in [-0.2, -0.15) is 0 Å². The van der Waals surface area contributed by atoms with Gasteiger partial charge in [-0.3, -0.25) is 4.99 Å². The van der Waals surface area contributed by atoms with Crippen LogP contribution in [0.4, 0.5) is 0 Å². The van der Waals surface area contributed by atoms with E-state index in [0.717, 1.165) is 25.1 Å². The molecule has 0 spiro atoms. The van der Waals surface area contributed by atoms with Crippen LogP contribution in [0.1, 0.15) is 44.2 Å². The van der Waals surface area contributed by atoms with Crippen molar-refractivity contribution >= 4 is 11.3 Å². The van der Waals surface area contributed by atoms with Gasteiger partial charge in [-0.25, -0.2) is 0 Å². The van der Waals surface area contributed by atoms with Gasteiger partial charge in [0.15, 0.2) is 0 Å². The molecular formula is C19H26N2. The Morgan fingerprint density at radius 2 is 2.00 bits per heavy atom. The number of nitrogens with zero attached hydrogens (tertiary/aromatic N) is 2. The molecule has 1 aromatic rings. The molecule has 0 saturated heterocycles. The van der Waals surface area contributed by atoms with Crippen molar-refractivity contribution in [3.05, 3.63) is 53.2 Å². The normalized spacial score (nSPS) is 15.0. The van der Waals surface area contributed by atoms with E-state index in [9.17, 15) is 0 Å². The van der Waals surface area contributed by atoms with E-state index >= 15 is 0 Å². The van der Waals surface area contributed by atoms with Gasteiger partial charge in [0.2, 0.25) is 0 Å². The first-order chi connectivity index (χ1) is 10.1. The maximum atomic E-state index is 4.75. The number of likely N-dealkylation sites (N-methyl/N-ethyl adjacent to an activating group) is 1. The summed E-state index contributed by atoms with van der Waals surface area (Å²) in [6.07, 6.45) is 7.82. The van der Waals surface area contributed by atoms with Gasteiger partial charge in [-0.15, -0.1) is 0 Å². The van der Waals surface area contributed by atoms with Gasteiger partial charge in [0.25, 0.3) is 0 Å². The molecule has 0 atom stereocenters. The number of rotatable bonds is 6. The van der Waals surface area contributed by atoms with Crippen LogP contribution in [0.3, 0.4) is 0 Å². The van der Waals surface area contributed by atoms with E-state index in [-0.39, 0.29) is 0 Å². The topological polar surface area (TPSA) is 15.6 Å². The summed E-state index contributed by atoms with van der Waals surface area (Å²) in [6, 6.07) is 8.64. The summed E-state index contributed by atoms with van der Waals surface area (Å²) in [5, 5.41) is 0. The van der Waals surface area contributed by atoms with Crippen molar-refractivity contribution in [2.75, 3.05) is 20.6 Å². The van der Waals surface area contributed by atoms with Gasteiger partial charge >= 0.3 is 0 Å². The predicted molar refractivity (Wildman–Crippen MR) is 92.8 cm³/mol. The molecule has 0 aromatic heterocycles. The third-order valence-electron chi connectivity index (χ3n) is 3.89. The first-order valence-electron chi connectivity index (χ1n) is 7.83. The fourth-order valence-electron chi connectivity index (χ4n) is 2.71. The van der Waals surface area contributed by atoms with Crippen molar-refractivity contribution in [2.24, 2.45) is 4.99 Å². The fourth-order valence-corrected chi connectivity index (χ4v) is 2.71. The van der Waals surface area contributed by atoms with Crippen molar-refractivity contribution < 1.29 is 0 Å². The van der Waals surface area contributed by atoms with Crippen molar-refractivity contribution in [3.63, 3.8) is 0 Å². The second kappa shape index (κ2) is 7.26. The fraction of sp³-hybridized carbons (Fsp3) is 0.421. The van der Waals surface area contributed by atoms with Crippen LogP contribution in [-0.2, 0) is 0 Å². The minimum atomic E-state index is 0.925. The Balaban J connectivity index is 2.38. The smallest absolute Gasteiger partial charge is 0.0399 e. The zero-order valence-electron chi connectivity index (χ0n) is 13.7. The van der Waals surface area contributed by atoms with Crippen LogP contribution in [0.25, 0.3) is 5.57 Å². The van der Waals surface area contributed by atoms with E-state index in [2.05, 4.69) is 69.3 Å². The average molecular weight is 282 g/mol. The predicted octanol–water partition coefficient (Wildman–Crippen LogP) is 4.53. The molecule has 112 valence electrons. The Kier molecular flexibility index (Phi) is 5.38. The summed E-state index contributed by atoms with van der Waals surface area (Å²) in [5.41, 5.74) is 6.46. The summed E-state index contributed by atoms with van der Waals surface area (Å²) < 4.78 is 0. The molecule has 21 heavy (non-hydrogen) atoms. The van der Waals surface area contributed by atoms with Crippen molar-refractivity contribution in [2.45, 2.75) is 33.1 Å². The van der Waals surface area contributed by atoms with Crippen LogP contribution in [0.5, 0.6) is 0 Å². The van der Waals surface area contributed by atoms with E-state index in [1.807, 2.05) is 0 Å². The van der Waals surface area contributed by atoms with Gasteiger partial charge in [-0.05, 0) is 37.0 Å². The standard InChI is InChI=1S/C19H26N2/c1-5-6-14-20-15(2)16-10-7-8-11-17(16)18-12-9-13-19(18)21(3)4/h7-11,13H,5-6,12,14H2,1-4H3. The SMILES string of the molecule is CCCCN=C(C)c1ccccc1C1=C(N(C)C)C=CC1. The van der Waals surface area contributed by atoms with Gasteiger partial charge in [0.1, 0.15) is 0 Å². The lowest BCUT2D eigenvalue weighted by molar-refractivity contribution is 0.533. The van der Waals surface area contributed by atoms with Crippen molar-refractivity contribution in [1.29, 1.82) is 0 Å². The molecule has 1 aliphatic carbocycles. The molecule has 0 heterocycles. The Bertz CT molecular complexity index is 577. The van der Waals surface area contributed by atoms with Crippen LogP contribution >= 0.6 is 0 Å². The number of benzene rings is 1. The number of allylic oxidation sites excluding steroid dienone is 3. The molecule has 0 aliphatic heterocycles. The molecular weight excluding hydrogens is 256 g/mol. The molecule has 2 heteroatoms. The van der Waals surface area contributed by atoms with Gasteiger partial charge in [0, 0.05) is 37.6 Å². The molecule has 0 bridgehead atoms. The average Bonchev–Trinajstić information content (AvgIpc) is 2.97. The highest BCUT2D eigenvalue weighted by Gasteiger charge is 2.16. The zero-order valence-corrected chi connectivity index (χ0v) is 13.7. The maximum absolute atomic E-state index is 4.75. The van der Waals surface area contributed by atoms with Crippen LogP contribution in [-0.4, -0.2) is 31.3 Å². The maximum Gasteiger partial charge on any atom is 0.0399 e. The quantitative estimate of drug-likeness (QED) is 0.553. The van der Waals surface area contributed by atoms with Gasteiger partial charge in [-0.1, -0.05) is 43.7 Å². The second-order valence-corrected chi connectivity index (χ2v) is 5.73. The monoisotopic (exact) mass is 282 g/mol. The molecule has 0 saturated carbocycles. The van der Waals surface area contributed by atoms with Crippen LogP contribution in [0, 0.1) is 0 Å². The zero-order chi connectivity index (χ0) is 15.2. The molecule has 0 radical (unpaired) electrons. The number of hydrogen-bond donors (Lipinski definition) is 0. The number of unbranched alkanes of at least 4 members (excludes halogenated alkanes) is 1. The highest BCUT2D eigenvalue weighted by atomic mass is 15.1. The van der Waals surface area contributed by atoms with E-state index in [1.54, 1.807) is 0 Å². The Hall–Kier alpha value is -1.83.